The van der Waals surface area contributed by atoms with E-state index in [-0.39, 0.29) is 29.2 Å². The van der Waals surface area contributed by atoms with Gasteiger partial charge in [0.15, 0.2) is 11.4 Å². The van der Waals surface area contributed by atoms with Crippen molar-refractivity contribution in [1.29, 1.82) is 0 Å². The molecule has 0 saturated carbocycles. The van der Waals surface area contributed by atoms with Gasteiger partial charge in [-0.25, -0.2) is 9.97 Å². The van der Waals surface area contributed by atoms with Gasteiger partial charge in [0, 0.05) is 38.8 Å². The SMILES string of the molecule is CC(=O)Nc1ccc2oc(-c3cccc(C(=O)N4CCN(C(c5ccccc5)c5nnn(C(F)F)n5)CC4)n3)nc2c1. The number of anilines is 1. The Morgan fingerprint density at radius 1 is 0.952 bits per heavy atom. The van der Waals surface area contributed by atoms with Crippen LogP contribution in [0.2, 0.25) is 0 Å². The minimum atomic E-state index is -2.89. The lowest BCUT2D eigenvalue weighted by molar-refractivity contribution is -0.114. The third-order valence-corrected chi connectivity index (χ3v) is 6.84. The van der Waals surface area contributed by atoms with E-state index >= 15 is 0 Å². The third-order valence-electron chi connectivity index (χ3n) is 6.84. The predicted molar refractivity (Wildman–Crippen MR) is 146 cm³/mol. The van der Waals surface area contributed by atoms with Crippen LogP contribution in [-0.2, 0) is 4.79 Å². The van der Waals surface area contributed by atoms with Crippen molar-refractivity contribution in [2.75, 3.05) is 31.5 Å². The van der Waals surface area contributed by atoms with E-state index in [4.69, 9.17) is 4.42 Å². The van der Waals surface area contributed by atoms with E-state index < -0.39 is 12.6 Å². The van der Waals surface area contributed by atoms with Crippen molar-refractivity contribution in [3.63, 3.8) is 0 Å². The molecule has 3 aromatic heterocycles. The van der Waals surface area contributed by atoms with Gasteiger partial charge in [0.25, 0.3) is 5.91 Å². The van der Waals surface area contributed by atoms with Crippen LogP contribution in [0.25, 0.3) is 22.7 Å². The number of piperazine rings is 1. The number of hydrogen-bond acceptors (Lipinski definition) is 9. The monoisotopic (exact) mass is 573 g/mol. The van der Waals surface area contributed by atoms with Gasteiger partial charge in [-0.05, 0) is 41.1 Å². The summed E-state index contributed by atoms with van der Waals surface area (Å²) in [5, 5.41) is 14.0. The van der Waals surface area contributed by atoms with Gasteiger partial charge in [-0.3, -0.25) is 14.5 Å². The predicted octanol–water partition coefficient (Wildman–Crippen LogP) is 3.78. The fourth-order valence-electron chi connectivity index (χ4n) is 4.92. The molecule has 6 rings (SSSR count). The largest absolute Gasteiger partial charge is 0.435 e. The highest BCUT2D eigenvalue weighted by molar-refractivity contribution is 5.93. The summed E-state index contributed by atoms with van der Waals surface area (Å²) in [5.74, 6) is -0.0326. The molecule has 5 aromatic rings. The smallest absolute Gasteiger partial charge is 0.350 e. The molecule has 1 aliphatic heterocycles. The molecule has 0 aliphatic carbocycles. The molecule has 214 valence electrons. The zero-order chi connectivity index (χ0) is 29.2. The lowest BCUT2D eigenvalue weighted by atomic mass is 10.0. The molecule has 1 aliphatic rings. The Bertz CT molecular complexity index is 1730. The number of benzene rings is 2. The fraction of sp³-hybridized carbons (Fsp3) is 0.250. The van der Waals surface area contributed by atoms with Gasteiger partial charge in [-0.15, -0.1) is 10.2 Å². The van der Waals surface area contributed by atoms with Gasteiger partial charge in [0.2, 0.25) is 11.8 Å². The van der Waals surface area contributed by atoms with E-state index in [2.05, 4.69) is 30.7 Å². The van der Waals surface area contributed by atoms with Gasteiger partial charge in [-0.1, -0.05) is 41.2 Å². The van der Waals surface area contributed by atoms with Gasteiger partial charge in [-0.2, -0.15) is 8.78 Å². The van der Waals surface area contributed by atoms with Crippen molar-refractivity contribution in [3.05, 3.63) is 83.8 Å². The van der Waals surface area contributed by atoms with Crippen LogP contribution in [-0.4, -0.2) is 78.0 Å². The van der Waals surface area contributed by atoms with Crippen LogP contribution < -0.4 is 5.32 Å². The Balaban J connectivity index is 1.18. The first-order chi connectivity index (χ1) is 20.4. The summed E-state index contributed by atoms with van der Waals surface area (Å²) < 4.78 is 32.1. The number of hydrogen-bond donors (Lipinski definition) is 1. The van der Waals surface area contributed by atoms with Crippen LogP contribution >= 0.6 is 0 Å². The zero-order valence-corrected chi connectivity index (χ0v) is 22.4. The summed E-state index contributed by atoms with van der Waals surface area (Å²) in [5.41, 5.74) is 3.13. The average molecular weight is 574 g/mol. The number of nitrogens with zero attached hydrogens (tertiary/aromatic N) is 8. The van der Waals surface area contributed by atoms with Crippen LogP contribution in [0.5, 0.6) is 0 Å². The summed E-state index contributed by atoms with van der Waals surface area (Å²) in [7, 11) is 0. The van der Waals surface area contributed by atoms with Crippen molar-refractivity contribution >= 4 is 28.6 Å². The number of tetrazole rings is 1. The van der Waals surface area contributed by atoms with Gasteiger partial charge in [0.1, 0.15) is 16.9 Å². The molecular formula is C28H25F2N9O3. The minimum Gasteiger partial charge on any atom is -0.435 e. The summed E-state index contributed by atoms with van der Waals surface area (Å²) in [6.45, 7) is 0.201. The lowest BCUT2D eigenvalue weighted by Gasteiger charge is -2.38. The van der Waals surface area contributed by atoms with Crippen LogP contribution in [0, 0.1) is 0 Å². The molecule has 0 spiro atoms. The minimum absolute atomic E-state index is 0.165. The number of oxazole rings is 1. The Morgan fingerprint density at radius 2 is 1.74 bits per heavy atom. The maximum Gasteiger partial charge on any atom is 0.350 e. The molecule has 0 radical (unpaired) electrons. The molecule has 42 heavy (non-hydrogen) atoms. The van der Waals surface area contributed by atoms with Crippen molar-refractivity contribution < 1.29 is 22.8 Å². The maximum absolute atomic E-state index is 13.4. The number of alkyl halides is 2. The Labute approximate surface area is 238 Å². The number of pyridine rings is 1. The molecule has 12 nitrogen and oxygen atoms in total. The highest BCUT2D eigenvalue weighted by atomic mass is 19.3. The molecule has 14 heteroatoms. The van der Waals surface area contributed by atoms with E-state index in [1.807, 2.05) is 35.2 Å². The van der Waals surface area contributed by atoms with Crippen molar-refractivity contribution in [2.45, 2.75) is 19.5 Å². The quantitative estimate of drug-likeness (QED) is 0.309. The number of carbonyl (C=O) groups is 2. The van der Waals surface area contributed by atoms with Crippen LogP contribution in [0.4, 0.5) is 14.5 Å². The Morgan fingerprint density at radius 3 is 2.45 bits per heavy atom. The van der Waals surface area contributed by atoms with Crippen molar-refractivity contribution in [2.24, 2.45) is 0 Å². The second-order valence-corrected chi connectivity index (χ2v) is 9.68. The first-order valence-corrected chi connectivity index (χ1v) is 13.2. The topological polar surface area (TPSA) is 135 Å². The van der Waals surface area contributed by atoms with E-state index in [1.165, 1.54) is 6.92 Å². The Hall–Kier alpha value is -5.11. The van der Waals surface area contributed by atoms with Gasteiger partial charge >= 0.3 is 6.55 Å². The summed E-state index contributed by atoms with van der Waals surface area (Å²) in [6.07, 6.45) is 0. The molecule has 2 aromatic carbocycles. The standard InChI is InChI=1S/C28H25F2N9O3/c1-17(40)31-19-10-11-23-22(16-19)33-26(42-23)20-8-5-9-21(32-20)27(41)38-14-12-37(13-15-38)24(18-6-3-2-4-7-18)25-34-36-39(35-25)28(29)30/h2-11,16,24,28H,12-15H2,1H3,(H,31,40). The van der Waals surface area contributed by atoms with E-state index in [1.54, 1.807) is 41.3 Å². The highest BCUT2D eigenvalue weighted by Gasteiger charge is 2.32. The number of halogens is 2. The summed E-state index contributed by atoms with van der Waals surface area (Å²) in [4.78, 5) is 37.8. The van der Waals surface area contributed by atoms with E-state index in [0.717, 1.165) is 5.56 Å². The molecule has 1 atom stereocenters. The summed E-state index contributed by atoms with van der Waals surface area (Å²) >= 11 is 0. The number of amides is 2. The van der Waals surface area contributed by atoms with Crippen LogP contribution in [0.1, 0.15) is 41.4 Å². The molecule has 4 heterocycles. The second-order valence-electron chi connectivity index (χ2n) is 9.68. The first kappa shape index (κ1) is 27.1. The molecule has 1 saturated heterocycles. The Kier molecular flexibility index (Phi) is 7.35. The highest BCUT2D eigenvalue weighted by Crippen LogP contribution is 2.29. The third kappa shape index (κ3) is 5.56. The van der Waals surface area contributed by atoms with Crippen LogP contribution in [0.3, 0.4) is 0 Å². The normalized spacial score (nSPS) is 14.8. The average Bonchev–Trinajstić information content (AvgIpc) is 3.66. The molecule has 1 unspecified atom stereocenters. The second kappa shape index (κ2) is 11.4. The van der Waals surface area contributed by atoms with Crippen molar-refractivity contribution in [3.8, 4) is 11.6 Å². The molecular weight excluding hydrogens is 548 g/mol. The number of carbonyl (C=O) groups excluding carboxylic acids is 2. The molecule has 1 fully saturated rings. The number of nitrogens with one attached hydrogen (secondary N) is 1. The number of rotatable bonds is 7. The molecule has 2 amide bonds. The lowest BCUT2D eigenvalue weighted by Crippen LogP contribution is -2.50. The molecule has 0 bridgehead atoms. The van der Waals surface area contributed by atoms with E-state index in [9.17, 15) is 18.4 Å². The van der Waals surface area contributed by atoms with Gasteiger partial charge < -0.3 is 14.6 Å². The summed E-state index contributed by atoms with van der Waals surface area (Å²) in [6, 6.07) is 19.0. The number of aromatic nitrogens is 6. The molecule has 1 N–H and O–H groups in total. The van der Waals surface area contributed by atoms with Crippen LogP contribution in [0.15, 0.2) is 71.1 Å². The first-order valence-electron chi connectivity index (χ1n) is 13.2. The maximum atomic E-state index is 13.4. The number of fused-ring (bicyclic) bond motifs is 1. The zero-order valence-electron chi connectivity index (χ0n) is 22.4. The van der Waals surface area contributed by atoms with Crippen molar-refractivity contribution in [1.82, 2.24) is 40.0 Å². The van der Waals surface area contributed by atoms with E-state index in [0.29, 0.717) is 53.5 Å². The van der Waals surface area contributed by atoms with Gasteiger partial charge in [0.05, 0.1) is 6.04 Å². The fourth-order valence-corrected chi connectivity index (χ4v) is 4.92.